The number of nitrogens with one attached hydrogen (secondary N) is 1. The molecule has 4 heterocycles. The van der Waals surface area contributed by atoms with Crippen molar-refractivity contribution in [2.75, 3.05) is 44.0 Å². The smallest absolute Gasteiger partial charge is 0.236 e. The van der Waals surface area contributed by atoms with Gasteiger partial charge in [0, 0.05) is 34.0 Å². The van der Waals surface area contributed by atoms with Gasteiger partial charge in [-0.15, -0.1) is 0 Å². The van der Waals surface area contributed by atoms with Crippen LogP contribution in [0, 0.1) is 6.92 Å². The van der Waals surface area contributed by atoms with E-state index in [1.807, 2.05) is 16.2 Å². The highest BCUT2D eigenvalue weighted by Gasteiger charge is 2.24. The number of aromatic nitrogens is 5. The number of ether oxygens (including phenoxy) is 3. The number of halogens is 2. The molecule has 0 saturated carbocycles. The minimum Gasteiger partial charge on any atom is -0.476 e. The van der Waals surface area contributed by atoms with Crippen LogP contribution in [0.3, 0.4) is 0 Å². The highest BCUT2D eigenvalue weighted by molar-refractivity contribution is 6.76. The third kappa shape index (κ3) is 7.08. The lowest BCUT2D eigenvalue weighted by Gasteiger charge is -2.24. The van der Waals surface area contributed by atoms with Gasteiger partial charge in [0.05, 0.1) is 35.4 Å². The fraction of sp³-hybridized carbons (Fsp3) is 0.625. The van der Waals surface area contributed by atoms with Gasteiger partial charge < -0.3 is 29.8 Å². The van der Waals surface area contributed by atoms with Gasteiger partial charge in [-0.1, -0.05) is 31.2 Å². The topological polar surface area (TPSA) is 114 Å². The molecular formula is C24H37Cl2N7O3Si. The molecule has 204 valence electrons. The summed E-state index contributed by atoms with van der Waals surface area (Å²) in [5, 5.41) is 9.33. The Kier molecular flexibility index (Phi) is 9.23. The Morgan fingerprint density at radius 3 is 2.78 bits per heavy atom. The first kappa shape index (κ1) is 28.0. The summed E-state index contributed by atoms with van der Waals surface area (Å²) in [5.41, 5.74) is 8.23. The van der Waals surface area contributed by atoms with E-state index in [0.717, 1.165) is 36.6 Å². The number of nitrogen functional groups attached to an aromatic ring is 1. The van der Waals surface area contributed by atoms with Crippen molar-refractivity contribution in [3.8, 4) is 5.88 Å². The molecule has 4 rings (SSSR count). The zero-order chi connectivity index (χ0) is 26.6. The highest BCUT2D eigenvalue weighted by Crippen LogP contribution is 2.33. The molecule has 37 heavy (non-hydrogen) atoms. The summed E-state index contributed by atoms with van der Waals surface area (Å²) in [5.74, 6) is 1.19. The Morgan fingerprint density at radius 2 is 2.05 bits per heavy atom. The molecule has 1 fully saturated rings. The second kappa shape index (κ2) is 12.2. The van der Waals surface area contributed by atoms with Gasteiger partial charge >= 0.3 is 0 Å². The molecule has 13 heteroatoms. The lowest BCUT2D eigenvalue weighted by atomic mass is 10.1. The van der Waals surface area contributed by atoms with E-state index in [2.05, 4.69) is 40.0 Å². The van der Waals surface area contributed by atoms with Gasteiger partial charge in [-0.25, -0.2) is 4.68 Å². The Labute approximate surface area is 228 Å². The number of hydrogen-bond donors (Lipinski definition) is 2. The lowest BCUT2D eigenvalue weighted by Crippen LogP contribution is -2.23. The summed E-state index contributed by atoms with van der Waals surface area (Å²) in [6, 6.07) is 1.23. The van der Waals surface area contributed by atoms with Crippen LogP contribution in [0.15, 0.2) is 6.20 Å². The van der Waals surface area contributed by atoms with E-state index in [4.69, 9.17) is 43.1 Å². The number of fused-ring (bicyclic) bond motifs is 1. The van der Waals surface area contributed by atoms with Crippen LogP contribution < -0.4 is 15.8 Å². The van der Waals surface area contributed by atoms with Gasteiger partial charge in [-0.05, 0) is 43.8 Å². The van der Waals surface area contributed by atoms with E-state index in [1.165, 1.54) is 0 Å². The first-order valence-corrected chi connectivity index (χ1v) is 17.2. The molecule has 3 aromatic heterocycles. The predicted octanol–water partition coefficient (Wildman–Crippen LogP) is 5.37. The van der Waals surface area contributed by atoms with Crippen LogP contribution in [-0.2, 0) is 16.2 Å². The maximum atomic E-state index is 6.56. The van der Waals surface area contributed by atoms with E-state index in [-0.39, 0.29) is 11.3 Å². The average Bonchev–Trinajstić information content (AvgIpc) is 3.32. The van der Waals surface area contributed by atoms with Crippen LogP contribution in [0.2, 0.25) is 36.0 Å². The summed E-state index contributed by atoms with van der Waals surface area (Å²) in [6.07, 6.45) is 4.50. The molecule has 3 N–H and O–H groups in total. The standard InChI is InChI=1S/C24H37Cl2N7O3Si/c1-16-20(27)23(33(31-16)17-7-5-9-34-14-17)36-10-6-8-28-21-19-18(25)13-32(22(19)30-24(26)29-21)15-35-11-12-37(2,3)4/h13,17H,5-12,14-15,27H2,1-4H3,(H,28,29,30). The largest absolute Gasteiger partial charge is 0.476 e. The van der Waals surface area contributed by atoms with Crippen LogP contribution in [0.5, 0.6) is 5.88 Å². The zero-order valence-electron chi connectivity index (χ0n) is 22.0. The molecule has 10 nitrogen and oxygen atoms in total. The van der Waals surface area contributed by atoms with Crippen molar-refractivity contribution in [2.45, 2.75) is 64.6 Å². The number of anilines is 2. The molecule has 0 aromatic carbocycles. The van der Waals surface area contributed by atoms with E-state index in [0.29, 0.717) is 67.6 Å². The molecule has 1 atom stereocenters. The molecule has 0 aliphatic carbocycles. The van der Waals surface area contributed by atoms with E-state index in [1.54, 1.807) is 6.20 Å². The van der Waals surface area contributed by atoms with Gasteiger partial charge in [0.25, 0.3) is 0 Å². The van der Waals surface area contributed by atoms with Crippen molar-refractivity contribution in [1.29, 1.82) is 0 Å². The van der Waals surface area contributed by atoms with Crippen molar-refractivity contribution < 1.29 is 14.2 Å². The van der Waals surface area contributed by atoms with Crippen molar-refractivity contribution >= 4 is 53.8 Å². The fourth-order valence-electron chi connectivity index (χ4n) is 4.18. The van der Waals surface area contributed by atoms with Crippen molar-refractivity contribution in [2.24, 2.45) is 0 Å². The van der Waals surface area contributed by atoms with Gasteiger partial charge in [-0.2, -0.15) is 15.1 Å². The van der Waals surface area contributed by atoms with E-state index >= 15 is 0 Å². The monoisotopic (exact) mass is 569 g/mol. The Morgan fingerprint density at radius 1 is 1.24 bits per heavy atom. The Balaban J connectivity index is 1.35. The van der Waals surface area contributed by atoms with E-state index < -0.39 is 8.07 Å². The molecule has 0 bridgehead atoms. The number of hydrogen-bond acceptors (Lipinski definition) is 8. The second-order valence-corrected chi connectivity index (χ2v) is 16.9. The van der Waals surface area contributed by atoms with Gasteiger partial charge in [0.1, 0.15) is 18.2 Å². The first-order valence-electron chi connectivity index (χ1n) is 12.7. The third-order valence-electron chi connectivity index (χ3n) is 6.29. The molecule has 0 radical (unpaired) electrons. The van der Waals surface area contributed by atoms with Gasteiger partial charge in [-0.3, -0.25) is 0 Å². The summed E-state index contributed by atoms with van der Waals surface area (Å²) >= 11 is 12.8. The number of nitrogens with two attached hydrogens (primary N) is 1. The van der Waals surface area contributed by atoms with E-state index in [9.17, 15) is 0 Å². The molecule has 0 spiro atoms. The Hall–Kier alpha value is -2.05. The van der Waals surface area contributed by atoms with Crippen molar-refractivity contribution in [3.63, 3.8) is 0 Å². The molecule has 1 saturated heterocycles. The van der Waals surface area contributed by atoms with Gasteiger partial charge in [0.15, 0.2) is 5.65 Å². The fourth-order valence-corrected chi connectivity index (χ4v) is 5.39. The molecule has 3 aromatic rings. The molecular weight excluding hydrogens is 533 g/mol. The quantitative estimate of drug-likeness (QED) is 0.170. The van der Waals surface area contributed by atoms with Crippen LogP contribution in [0.4, 0.5) is 11.5 Å². The minimum absolute atomic E-state index is 0.139. The van der Waals surface area contributed by atoms with Gasteiger partial charge in [0.2, 0.25) is 11.2 Å². The third-order valence-corrected chi connectivity index (χ3v) is 8.45. The number of nitrogens with zero attached hydrogens (tertiary/aromatic N) is 5. The normalized spacial score (nSPS) is 16.4. The lowest BCUT2D eigenvalue weighted by molar-refractivity contribution is 0.0510. The zero-order valence-corrected chi connectivity index (χ0v) is 24.5. The van der Waals surface area contributed by atoms with Crippen molar-refractivity contribution in [1.82, 2.24) is 24.3 Å². The molecule has 1 aliphatic rings. The van der Waals surface area contributed by atoms with Crippen LogP contribution in [0.25, 0.3) is 11.0 Å². The summed E-state index contributed by atoms with van der Waals surface area (Å²) < 4.78 is 21.3. The Bertz CT molecular complexity index is 1210. The van der Waals surface area contributed by atoms with Crippen LogP contribution in [-0.4, -0.2) is 65.4 Å². The molecule has 1 unspecified atom stereocenters. The average molecular weight is 571 g/mol. The first-order chi connectivity index (χ1) is 17.6. The van der Waals surface area contributed by atoms with Crippen LogP contribution >= 0.6 is 23.2 Å². The summed E-state index contributed by atoms with van der Waals surface area (Å²) in [6.45, 7) is 12.4. The molecule has 0 amide bonds. The highest BCUT2D eigenvalue weighted by atomic mass is 35.5. The maximum Gasteiger partial charge on any atom is 0.236 e. The summed E-state index contributed by atoms with van der Waals surface area (Å²) in [4.78, 5) is 8.77. The van der Waals surface area contributed by atoms with Crippen molar-refractivity contribution in [3.05, 3.63) is 22.2 Å². The number of rotatable bonds is 12. The minimum atomic E-state index is -1.16. The van der Waals surface area contributed by atoms with Crippen LogP contribution in [0.1, 0.15) is 31.0 Å². The summed E-state index contributed by atoms with van der Waals surface area (Å²) in [7, 11) is -1.16. The second-order valence-electron chi connectivity index (χ2n) is 10.6. The SMILES string of the molecule is Cc1nn(C2CCCOC2)c(OCCCNc2nc(Cl)nc3c2c(Cl)cn3COCC[Si](C)(C)C)c1N. The maximum absolute atomic E-state index is 6.56. The predicted molar refractivity (Wildman–Crippen MR) is 151 cm³/mol. The molecule has 1 aliphatic heterocycles. The number of aryl methyl sites for hydroxylation is 1.